The van der Waals surface area contributed by atoms with Crippen molar-refractivity contribution in [3.8, 4) is 0 Å². The van der Waals surface area contributed by atoms with Crippen molar-refractivity contribution in [3.63, 3.8) is 0 Å². The van der Waals surface area contributed by atoms with Crippen LogP contribution in [0.5, 0.6) is 0 Å². The van der Waals surface area contributed by atoms with Gasteiger partial charge in [-0.15, -0.1) is 0 Å². The second-order valence-electron chi connectivity index (χ2n) is 4.69. The van der Waals surface area contributed by atoms with Crippen molar-refractivity contribution >= 4 is 5.97 Å². The minimum absolute atomic E-state index is 0.267. The van der Waals surface area contributed by atoms with Gasteiger partial charge in [0.2, 0.25) is 0 Å². The molecule has 0 aliphatic rings. The van der Waals surface area contributed by atoms with Gasteiger partial charge in [-0.2, -0.15) is 0 Å². The number of nitrogens with two attached hydrogens (primary N) is 1. The molecule has 0 bridgehead atoms. The Labute approximate surface area is 99.7 Å². The fraction of sp³-hybridized carbons (Fsp3) is 0.923. The fourth-order valence-corrected chi connectivity index (χ4v) is 1.79. The summed E-state index contributed by atoms with van der Waals surface area (Å²) in [5, 5.41) is 0. The molecule has 0 aromatic heterocycles. The molecule has 0 heterocycles. The summed E-state index contributed by atoms with van der Waals surface area (Å²) in [5.74, 6) is 0.837. The van der Waals surface area contributed by atoms with Gasteiger partial charge in [0, 0.05) is 0 Å². The van der Waals surface area contributed by atoms with E-state index in [1.807, 2.05) is 0 Å². The molecular weight excluding hydrogens is 202 g/mol. The molecule has 0 fully saturated rings. The molecule has 0 aromatic carbocycles. The third kappa shape index (κ3) is 6.11. The van der Waals surface area contributed by atoms with Crippen LogP contribution >= 0.6 is 0 Å². The molecule has 0 aliphatic carbocycles. The zero-order valence-electron chi connectivity index (χ0n) is 11.2. The van der Waals surface area contributed by atoms with E-state index in [4.69, 9.17) is 10.5 Å². The molecule has 3 unspecified atom stereocenters. The van der Waals surface area contributed by atoms with Gasteiger partial charge in [0.25, 0.3) is 0 Å². The molecule has 0 amide bonds. The van der Waals surface area contributed by atoms with Crippen molar-refractivity contribution < 1.29 is 9.53 Å². The van der Waals surface area contributed by atoms with Crippen molar-refractivity contribution in [3.05, 3.63) is 0 Å². The van der Waals surface area contributed by atoms with Gasteiger partial charge < -0.3 is 10.5 Å². The van der Waals surface area contributed by atoms with E-state index in [0.717, 1.165) is 6.42 Å². The smallest absolute Gasteiger partial charge is 0.322 e. The second kappa shape index (κ2) is 8.57. The minimum Gasteiger partial charge on any atom is -0.465 e. The van der Waals surface area contributed by atoms with Gasteiger partial charge in [-0.1, -0.05) is 40.0 Å². The highest BCUT2D eigenvalue weighted by atomic mass is 16.5. The molecule has 0 rings (SSSR count). The Balaban J connectivity index is 3.92. The van der Waals surface area contributed by atoms with Crippen LogP contribution in [0.1, 0.15) is 53.4 Å². The maximum absolute atomic E-state index is 11.4. The average molecular weight is 229 g/mol. The lowest BCUT2D eigenvalue weighted by Crippen LogP contribution is -2.35. The summed E-state index contributed by atoms with van der Waals surface area (Å²) < 4.78 is 4.90. The summed E-state index contributed by atoms with van der Waals surface area (Å²) in [7, 11) is 0. The summed E-state index contributed by atoms with van der Waals surface area (Å²) in [6.45, 7) is 8.81. The molecule has 0 aromatic rings. The molecule has 3 atom stereocenters. The summed E-state index contributed by atoms with van der Waals surface area (Å²) in [5.41, 5.74) is 5.80. The second-order valence-corrected chi connectivity index (χ2v) is 4.69. The van der Waals surface area contributed by atoms with Gasteiger partial charge in [-0.05, 0) is 25.2 Å². The molecular formula is C13H27NO2. The highest BCUT2D eigenvalue weighted by Gasteiger charge is 2.21. The molecule has 3 heteroatoms. The topological polar surface area (TPSA) is 52.3 Å². The van der Waals surface area contributed by atoms with E-state index in [1.54, 1.807) is 6.92 Å². The van der Waals surface area contributed by atoms with Gasteiger partial charge in [-0.3, -0.25) is 4.79 Å². The Kier molecular flexibility index (Phi) is 8.26. The molecule has 0 spiro atoms. The van der Waals surface area contributed by atoms with Crippen LogP contribution in [0.4, 0.5) is 0 Å². The van der Waals surface area contributed by atoms with Crippen LogP contribution in [0.3, 0.4) is 0 Å². The first-order valence-corrected chi connectivity index (χ1v) is 6.45. The summed E-state index contributed by atoms with van der Waals surface area (Å²) >= 11 is 0. The van der Waals surface area contributed by atoms with Crippen LogP contribution in [-0.4, -0.2) is 18.6 Å². The SMILES string of the molecule is CCCCC(C)C(C)CC(N)C(=O)OCC. The normalized spacial score (nSPS) is 16.6. The number of unbranched alkanes of at least 4 members (excludes halogenated alkanes) is 1. The number of carbonyl (C=O) groups excluding carboxylic acids is 1. The van der Waals surface area contributed by atoms with Crippen molar-refractivity contribution in [1.82, 2.24) is 0 Å². The minimum atomic E-state index is -0.459. The van der Waals surface area contributed by atoms with Gasteiger partial charge in [0.15, 0.2) is 0 Å². The first-order chi connectivity index (χ1) is 7.52. The number of hydrogen-bond donors (Lipinski definition) is 1. The highest BCUT2D eigenvalue weighted by molar-refractivity contribution is 5.75. The van der Waals surface area contributed by atoms with Gasteiger partial charge in [0.05, 0.1) is 6.61 Å². The molecule has 96 valence electrons. The van der Waals surface area contributed by atoms with E-state index in [2.05, 4.69) is 20.8 Å². The van der Waals surface area contributed by atoms with Crippen molar-refractivity contribution in [1.29, 1.82) is 0 Å². The van der Waals surface area contributed by atoms with Crippen molar-refractivity contribution in [2.45, 2.75) is 59.4 Å². The van der Waals surface area contributed by atoms with Crippen LogP contribution in [0.15, 0.2) is 0 Å². The zero-order valence-corrected chi connectivity index (χ0v) is 11.2. The molecule has 2 N–H and O–H groups in total. The zero-order chi connectivity index (χ0) is 12.6. The van der Waals surface area contributed by atoms with Crippen LogP contribution in [-0.2, 0) is 9.53 Å². The molecule has 16 heavy (non-hydrogen) atoms. The first-order valence-electron chi connectivity index (χ1n) is 6.45. The van der Waals surface area contributed by atoms with Crippen LogP contribution in [0, 0.1) is 11.8 Å². The number of carbonyl (C=O) groups is 1. The monoisotopic (exact) mass is 229 g/mol. The van der Waals surface area contributed by atoms with E-state index < -0.39 is 6.04 Å². The predicted molar refractivity (Wildman–Crippen MR) is 67.1 cm³/mol. The standard InChI is InChI=1S/C13H27NO2/c1-5-7-8-10(3)11(4)9-12(14)13(15)16-6-2/h10-12H,5-9,14H2,1-4H3. The number of rotatable bonds is 8. The van der Waals surface area contributed by atoms with Crippen LogP contribution < -0.4 is 5.73 Å². The Bertz CT molecular complexity index is 194. The van der Waals surface area contributed by atoms with E-state index in [1.165, 1.54) is 19.3 Å². The Morgan fingerprint density at radius 3 is 2.38 bits per heavy atom. The van der Waals surface area contributed by atoms with E-state index in [0.29, 0.717) is 18.4 Å². The number of esters is 1. The maximum Gasteiger partial charge on any atom is 0.322 e. The van der Waals surface area contributed by atoms with E-state index in [9.17, 15) is 4.79 Å². The molecule has 0 radical (unpaired) electrons. The molecule has 0 saturated carbocycles. The Hall–Kier alpha value is -0.570. The lowest BCUT2D eigenvalue weighted by atomic mass is 9.86. The van der Waals surface area contributed by atoms with Gasteiger partial charge >= 0.3 is 5.97 Å². The van der Waals surface area contributed by atoms with Crippen LogP contribution in [0.2, 0.25) is 0 Å². The summed E-state index contributed by atoms with van der Waals surface area (Å²) in [6.07, 6.45) is 4.41. The third-order valence-corrected chi connectivity index (χ3v) is 3.20. The summed E-state index contributed by atoms with van der Waals surface area (Å²) in [4.78, 5) is 11.4. The molecule has 0 saturated heterocycles. The average Bonchev–Trinajstić information content (AvgIpc) is 2.25. The van der Waals surface area contributed by atoms with Crippen molar-refractivity contribution in [2.24, 2.45) is 17.6 Å². The summed E-state index contributed by atoms with van der Waals surface area (Å²) in [6, 6.07) is -0.459. The molecule has 3 nitrogen and oxygen atoms in total. The lowest BCUT2D eigenvalue weighted by Gasteiger charge is -2.22. The third-order valence-electron chi connectivity index (χ3n) is 3.20. The van der Waals surface area contributed by atoms with E-state index in [-0.39, 0.29) is 5.97 Å². The van der Waals surface area contributed by atoms with Crippen molar-refractivity contribution in [2.75, 3.05) is 6.61 Å². The van der Waals surface area contributed by atoms with E-state index >= 15 is 0 Å². The quantitative estimate of drug-likeness (QED) is 0.651. The number of hydrogen-bond acceptors (Lipinski definition) is 3. The van der Waals surface area contributed by atoms with Gasteiger partial charge in [0.1, 0.15) is 6.04 Å². The van der Waals surface area contributed by atoms with Crippen LogP contribution in [0.25, 0.3) is 0 Å². The number of ether oxygens (including phenoxy) is 1. The highest BCUT2D eigenvalue weighted by Crippen LogP contribution is 2.21. The predicted octanol–water partition coefficient (Wildman–Crippen LogP) is 2.73. The molecule has 0 aliphatic heterocycles. The lowest BCUT2D eigenvalue weighted by molar-refractivity contribution is -0.145. The maximum atomic E-state index is 11.4. The fourth-order valence-electron chi connectivity index (χ4n) is 1.79. The Morgan fingerprint density at radius 2 is 1.88 bits per heavy atom. The Morgan fingerprint density at radius 1 is 1.25 bits per heavy atom. The first kappa shape index (κ1) is 15.4. The van der Waals surface area contributed by atoms with Gasteiger partial charge in [-0.25, -0.2) is 0 Å². The largest absolute Gasteiger partial charge is 0.465 e.